The lowest BCUT2D eigenvalue weighted by Gasteiger charge is -2.32. The molecule has 0 bridgehead atoms. The van der Waals surface area contributed by atoms with Gasteiger partial charge in [-0.2, -0.15) is 0 Å². The van der Waals surface area contributed by atoms with Crippen molar-refractivity contribution in [3.63, 3.8) is 0 Å². The van der Waals surface area contributed by atoms with E-state index in [1.165, 1.54) is 0 Å². The second kappa shape index (κ2) is 5.81. The Morgan fingerprint density at radius 1 is 1.26 bits per heavy atom. The molecule has 2 fully saturated rings. The summed E-state index contributed by atoms with van der Waals surface area (Å²) in [6.45, 7) is 16.4. The third kappa shape index (κ3) is 4.10. The molecular weight excluding hydrogens is 293 g/mol. The van der Waals surface area contributed by atoms with Crippen molar-refractivity contribution in [3.8, 4) is 0 Å². The van der Waals surface area contributed by atoms with Crippen LogP contribution in [0, 0.1) is 0 Å². The summed E-state index contributed by atoms with van der Waals surface area (Å²) in [5.74, 6) is 2.01. The first-order chi connectivity index (χ1) is 10.3. The van der Waals surface area contributed by atoms with E-state index in [0.29, 0.717) is 6.54 Å². The van der Waals surface area contributed by atoms with Crippen molar-refractivity contribution >= 4 is 13.2 Å². The van der Waals surface area contributed by atoms with Gasteiger partial charge in [0.1, 0.15) is 5.60 Å². The molecule has 0 aromatic rings. The van der Waals surface area contributed by atoms with Crippen LogP contribution in [0.2, 0.25) is 0 Å². The lowest BCUT2D eigenvalue weighted by Crippen LogP contribution is -2.41. The molecule has 0 aromatic heterocycles. The lowest BCUT2D eigenvalue weighted by molar-refractivity contribution is 0.00578. The molecule has 6 heteroatoms. The minimum absolute atomic E-state index is 0.124. The van der Waals surface area contributed by atoms with Crippen molar-refractivity contribution in [2.24, 2.45) is 0 Å². The van der Waals surface area contributed by atoms with Crippen LogP contribution in [-0.4, -0.2) is 47.5 Å². The molecule has 1 amide bonds. The molecule has 23 heavy (non-hydrogen) atoms. The van der Waals surface area contributed by atoms with Gasteiger partial charge in [-0.3, -0.25) is 0 Å². The monoisotopic (exact) mass is 323 g/mol. The molecule has 2 saturated heterocycles. The fourth-order valence-corrected chi connectivity index (χ4v) is 2.76. The predicted octanol–water partition coefficient (Wildman–Crippen LogP) is 3.57. The zero-order chi connectivity index (χ0) is 17.6. The van der Waals surface area contributed by atoms with E-state index in [4.69, 9.17) is 14.0 Å². The standard InChI is InChI=1S/C17H30BNO4/c1-12-9-13(11-19(12)14(20)21-15(2,3)4)10-18-22-16(5,6)17(7,8)23-18/h10,12H,9,11H2,1-8H3. The van der Waals surface area contributed by atoms with Crippen LogP contribution in [0.5, 0.6) is 0 Å². The Labute approximate surface area is 140 Å². The third-order valence-electron chi connectivity index (χ3n) is 4.73. The molecule has 0 spiro atoms. The summed E-state index contributed by atoms with van der Waals surface area (Å²) in [7, 11) is -0.360. The van der Waals surface area contributed by atoms with Crippen LogP contribution >= 0.6 is 0 Å². The van der Waals surface area contributed by atoms with Gasteiger partial charge in [-0.05, 0) is 61.8 Å². The number of rotatable bonds is 1. The molecule has 1 atom stereocenters. The van der Waals surface area contributed by atoms with Gasteiger partial charge in [0, 0.05) is 12.6 Å². The summed E-state index contributed by atoms with van der Waals surface area (Å²) in [6, 6.07) is 0.124. The van der Waals surface area contributed by atoms with Gasteiger partial charge in [0.2, 0.25) is 0 Å². The average molecular weight is 323 g/mol. The maximum Gasteiger partial charge on any atom is 0.487 e. The maximum atomic E-state index is 12.3. The zero-order valence-electron chi connectivity index (χ0n) is 15.7. The minimum Gasteiger partial charge on any atom is -0.444 e. The Balaban J connectivity index is 2.03. The minimum atomic E-state index is -0.477. The van der Waals surface area contributed by atoms with Crippen LogP contribution in [0.25, 0.3) is 0 Å². The number of ether oxygens (including phenoxy) is 1. The van der Waals surface area contributed by atoms with Gasteiger partial charge >= 0.3 is 13.2 Å². The van der Waals surface area contributed by atoms with E-state index in [2.05, 4.69) is 0 Å². The normalized spacial score (nSPS) is 28.5. The van der Waals surface area contributed by atoms with E-state index in [1.807, 2.05) is 61.4 Å². The molecule has 2 aliphatic rings. The highest BCUT2D eigenvalue weighted by Gasteiger charge is 2.50. The SMILES string of the molecule is CC1CC(=CB2OC(C)(C)C(C)(C)O2)CN1C(=O)OC(C)(C)C. The summed E-state index contributed by atoms with van der Waals surface area (Å²) in [5.41, 5.74) is -0.00960. The number of likely N-dealkylation sites (tertiary alicyclic amines) is 1. The van der Waals surface area contributed by atoms with Crippen LogP contribution in [0.15, 0.2) is 11.5 Å². The van der Waals surface area contributed by atoms with Gasteiger partial charge in [0.15, 0.2) is 0 Å². The van der Waals surface area contributed by atoms with E-state index in [1.54, 1.807) is 4.90 Å². The molecule has 0 aromatic carbocycles. The molecule has 2 heterocycles. The highest BCUT2D eigenvalue weighted by molar-refractivity contribution is 6.51. The quantitative estimate of drug-likeness (QED) is 0.692. The Bertz CT molecular complexity index is 491. The molecule has 1 unspecified atom stereocenters. The van der Waals surface area contributed by atoms with Crippen LogP contribution in [0.4, 0.5) is 4.79 Å². The number of carbonyl (C=O) groups is 1. The van der Waals surface area contributed by atoms with Crippen LogP contribution in [0.1, 0.15) is 61.8 Å². The van der Waals surface area contributed by atoms with Crippen LogP contribution in [0.3, 0.4) is 0 Å². The molecular formula is C17H30BNO4. The van der Waals surface area contributed by atoms with Gasteiger partial charge in [-0.25, -0.2) is 4.79 Å². The van der Waals surface area contributed by atoms with Gasteiger partial charge in [-0.1, -0.05) is 11.5 Å². The third-order valence-corrected chi connectivity index (χ3v) is 4.73. The molecule has 0 saturated carbocycles. The number of hydrogen-bond acceptors (Lipinski definition) is 4. The molecule has 0 radical (unpaired) electrons. The molecule has 2 rings (SSSR count). The summed E-state index contributed by atoms with van der Waals surface area (Å²) >= 11 is 0. The molecule has 0 aliphatic carbocycles. The number of amides is 1. The Morgan fingerprint density at radius 2 is 1.78 bits per heavy atom. The Morgan fingerprint density at radius 3 is 2.26 bits per heavy atom. The number of carbonyl (C=O) groups excluding carboxylic acids is 1. The van der Waals surface area contributed by atoms with Crippen molar-refractivity contribution in [3.05, 3.63) is 11.5 Å². The molecule has 0 N–H and O–H groups in total. The Kier molecular flexibility index (Phi) is 4.64. The first-order valence-electron chi connectivity index (χ1n) is 8.35. The smallest absolute Gasteiger partial charge is 0.444 e. The molecule has 2 aliphatic heterocycles. The van der Waals surface area contributed by atoms with Gasteiger partial charge in [-0.15, -0.1) is 0 Å². The fraction of sp³-hybridized carbons (Fsp3) is 0.824. The maximum absolute atomic E-state index is 12.3. The van der Waals surface area contributed by atoms with Crippen molar-refractivity contribution in [1.29, 1.82) is 0 Å². The second-order valence-electron chi connectivity index (χ2n) is 8.61. The highest BCUT2D eigenvalue weighted by Crippen LogP contribution is 2.37. The summed E-state index contributed by atoms with van der Waals surface area (Å²) in [4.78, 5) is 14.0. The summed E-state index contributed by atoms with van der Waals surface area (Å²) in [6.07, 6.45) is 0.561. The number of hydrogen-bond donors (Lipinski definition) is 0. The second-order valence-corrected chi connectivity index (χ2v) is 8.61. The highest BCUT2D eigenvalue weighted by atomic mass is 16.7. The fourth-order valence-electron chi connectivity index (χ4n) is 2.76. The number of nitrogens with zero attached hydrogens (tertiary/aromatic N) is 1. The van der Waals surface area contributed by atoms with Gasteiger partial charge in [0.25, 0.3) is 0 Å². The molecule has 5 nitrogen and oxygen atoms in total. The Hall–Kier alpha value is -1.01. The zero-order valence-corrected chi connectivity index (χ0v) is 15.7. The van der Waals surface area contributed by atoms with Crippen LogP contribution in [-0.2, 0) is 14.0 Å². The van der Waals surface area contributed by atoms with Crippen LogP contribution < -0.4 is 0 Å². The van der Waals surface area contributed by atoms with Crippen molar-refractivity contribution in [2.75, 3.05) is 6.54 Å². The average Bonchev–Trinajstić information content (AvgIpc) is 2.74. The van der Waals surface area contributed by atoms with E-state index >= 15 is 0 Å². The van der Waals surface area contributed by atoms with Crippen molar-refractivity contribution in [2.45, 2.75) is 84.7 Å². The van der Waals surface area contributed by atoms with Gasteiger partial charge < -0.3 is 18.9 Å². The summed E-state index contributed by atoms with van der Waals surface area (Å²) in [5, 5.41) is 0. The van der Waals surface area contributed by atoms with Crippen molar-refractivity contribution in [1.82, 2.24) is 4.90 Å². The first-order valence-corrected chi connectivity index (χ1v) is 8.35. The lowest BCUT2D eigenvalue weighted by atomic mass is 9.86. The van der Waals surface area contributed by atoms with E-state index in [0.717, 1.165) is 12.0 Å². The van der Waals surface area contributed by atoms with E-state index in [-0.39, 0.29) is 30.5 Å². The van der Waals surface area contributed by atoms with E-state index < -0.39 is 5.60 Å². The first kappa shape index (κ1) is 18.3. The van der Waals surface area contributed by atoms with Gasteiger partial charge in [0.05, 0.1) is 11.2 Å². The molecule has 130 valence electrons. The van der Waals surface area contributed by atoms with E-state index in [9.17, 15) is 4.79 Å². The summed E-state index contributed by atoms with van der Waals surface area (Å²) < 4.78 is 17.5. The topological polar surface area (TPSA) is 48.0 Å². The largest absolute Gasteiger partial charge is 0.487 e. The van der Waals surface area contributed by atoms with Crippen molar-refractivity contribution < 1.29 is 18.8 Å². The predicted molar refractivity (Wildman–Crippen MR) is 91.2 cm³/mol.